The summed E-state index contributed by atoms with van der Waals surface area (Å²) in [6.07, 6.45) is -3.57. The molecule has 7 heteroatoms. The maximum Gasteiger partial charge on any atom is 0.416 e. The number of amides is 1. The Bertz CT molecular complexity index is 932. The van der Waals surface area contributed by atoms with Crippen LogP contribution >= 0.6 is 0 Å². The molecule has 0 spiro atoms. The third-order valence-corrected chi connectivity index (χ3v) is 4.92. The second-order valence-corrected chi connectivity index (χ2v) is 7.87. The number of hydrogen-bond donors (Lipinski definition) is 1. The lowest BCUT2D eigenvalue weighted by Crippen LogP contribution is -2.39. The Morgan fingerprint density at radius 3 is 2.50 bits per heavy atom. The van der Waals surface area contributed by atoms with Gasteiger partial charge in [0.15, 0.2) is 6.10 Å². The number of carbonyl (C=O) groups is 1. The predicted molar refractivity (Wildman–Crippen MR) is 110 cm³/mol. The minimum atomic E-state index is -4.53. The summed E-state index contributed by atoms with van der Waals surface area (Å²) in [4.78, 5) is 16.6. The predicted octanol–water partition coefficient (Wildman–Crippen LogP) is 5.25. The molecule has 2 aromatic rings. The first-order valence-electron chi connectivity index (χ1n) is 9.88. The van der Waals surface area contributed by atoms with E-state index in [1.807, 2.05) is 45.0 Å². The number of hydrogen-bond acceptors (Lipinski definition) is 3. The number of benzene rings is 2. The first-order chi connectivity index (χ1) is 14.1. The maximum atomic E-state index is 13.5. The quantitative estimate of drug-likeness (QED) is 0.637. The van der Waals surface area contributed by atoms with Gasteiger partial charge in [0.2, 0.25) is 0 Å². The molecule has 4 nitrogen and oxygen atoms in total. The van der Waals surface area contributed by atoms with Crippen molar-refractivity contribution in [1.82, 2.24) is 5.32 Å². The number of alkyl halides is 3. The van der Waals surface area contributed by atoms with Crippen LogP contribution < -0.4 is 10.1 Å². The van der Waals surface area contributed by atoms with Gasteiger partial charge in [0.25, 0.3) is 5.91 Å². The Morgan fingerprint density at radius 2 is 1.90 bits per heavy atom. The molecule has 0 bridgehead atoms. The van der Waals surface area contributed by atoms with E-state index in [0.29, 0.717) is 13.0 Å². The molecule has 2 unspecified atom stereocenters. The van der Waals surface area contributed by atoms with E-state index in [9.17, 15) is 18.0 Å². The van der Waals surface area contributed by atoms with Crippen molar-refractivity contribution in [1.29, 1.82) is 0 Å². The normalized spacial score (nSPS) is 16.4. The van der Waals surface area contributed by atoms with Crippen molar-refractivity contribution in [2.24, 2.45) is 10.9 Å². The van der Waals surface area contributed by atoms with Gasteiger partial charge in [-0.1, -0.05) is 44.2 Å². The second-order valence-electron chi connectivity index (χ2n) is 7.87. The van der Waals surface area contributed by atoms with Gasteiger partial charge >= 0.3 is 6.18 Å². The highest BCUT2D eigenvalue weighted by atomic mass is 19.4. The summed E-state index contributed by atoms with van der Waals surface area (Å²) in [5.74, 6) is -0.209. The van der Waals surface area contributed by atoms with Crippen molar-refractivity contribution in [2.75, 3.05) is 0 Å². The molecule has 3 rings (SSSR count). The molecule has 1 heterocycles. The van der Waals surface area contributed by atoms with Gasteiger partial charge in [-0.3, -0.25) is 9.79 Å². The van der Waals surface area contributed by atoms with Crippen molar-refractivity contribution in [3.05, 3.63) is 64.7 Å². The van der Waals surface area contributed by atoms with Crippen LogP contribution in [0.5, 0.6) is 5.75 Å². The molecule has 0 aromatic heterocycles. The van der Waals surface area contributed by atoms with Gasteiger partial charge in [0.05, 0.1) is 5.56 Å². The topological polar surface area (TPSA) is 50.7 Å². The van der Waals surface area contributed by atoms with E-state index in [1.165, 1.54) is 18.3 Å². The average molecular weight is 418 g/mol. The van der Waals surface area contributed by atoms with E-state index in [4.69, 9.17) is 4.74 Å². The van der Waals surface area contributed by atoms with Crippen molar-refractivity contribution in [2.45, 2.75) is 52.1 Å². The van der Waals surface area contributed by atoms with Crippen molar-refractivity contribution < 1.29 is 22.7 Å². The molecule has 160 valence electrons. The fraction of sp³-hybridized carbons (Fsp3) is 0.391. The fourth-order valence-electron chi connectivity index (χ4n) is 3.22. The van der Waals surface area contributed by atoms with Crippen LogP contribution in [0.4, 0.5) is 13.2 Å². The van der Waals surface area contributed by atoms with E-state index in [1.54, 1.807) is 0 Å². The summed E-state index contributed by atoms with van der Waals surface area (Å²) >= 11 is 0. The maximum absolute atomic E-state index is 13.5. The molecule has 1 aliphatic heterocycles. The molecule has 2 aromatic carbocycles. The summed E-state index contributed by atoms with van der Waals surface area (Å²) < 4.78 is 46.2. The van der Waals surface area contributed by atoms with Crippen LogP contribution in [0.2, 0.25) is 0 Å². The SMILES string of the molecule is Cc1ccccc1CNC(=O)C(CC(C)C)Oc1ccc(C2C=N2)c(C(F)(F)F)c1. The minimum Gasteiger partial charge on any atom is -0.481 e. The van der Waals surface area contributed by atoms with Crippen LogP contribution in [-0.4, -0.2) is 18.2 Å². The van der Waals surface area contributed by atoms with Crippen molar-refractivity contribution in [3.8, 4) is 5.75 Å². The molecule has 30 heavy (non-hydrogen) atoms. The number of carbonyl (C=O) groups excluding carboxylic acids is 1. The molecule has 2 atom stereocenters. The van der Waals surface area contributed by atoms with E-state index >= 15 is 0 Å². The average Bonchev–Trinajstić information content (AvgIpc) is 3.50. The van der Waals surface area contributed by atoms with Gasteiger partial charge in [-0.25, -0.2) is 0 Å². The van der Waals surface area contributed by atoms with Gasteiger partial charge in [-0.2, -0.15) is 13.2 Å². The molecule has 0 fully saturated rings. The number of rotatable bonds is 8. The third kappa shape index (κ3) is 5.62. The van der Waals surface area contributed by atoms with Crippen LogP contribution in [0.25, 0.3) is 0 Å². The Balaban J connectivity index is 1.75. The Morgan fingerprint density at radius 1 is 1.20 bits per heavy atom. The lowest BCUT2D eigenvalue weighted by Gasteiger charge is -2.22. The van der Waals surface area contributed by atoms with Gasteiger partial charge in [-0.15, -0.1) is 0 Å². The Labute approximate surface area is 174 Å². The summed E-state index contributed by atoms with van der Waals surface area (Å²) in [7, 11) is 0. The highest BCUT2D eigenvalue weighted by molar-refractivity contribution is 5.82. The summed E-state index contributed by atoms with van der Waals surface area (Å²) in [6, 6.07) is 10.9. The smallest absolute Gasteiger partial charge is 0.416 e. The summed E-state index contributed by atoms with van der Waals surface area (Å²) in [5, 5.41) is 2.84. The first-order valence-corrected chi connectivity index (χ1v) is 9.88. The highest BCUT2D eigenvalue weighted by Gasteiger charge is 2.37. The lowest BCUT2D eigenvalue weighted by atomic mass is 10.0. The molecule has 0 radical (unpaired) electrons. The van der Waals surface area contributed by atoms with E-state index in [2.05, 4.69) is 10.3 Å². The van der Waals surface area contributed by atoms with Crippen LogP contribution in [-0.2, 0) is 17.5 Å². The molecule has 1 aliphatic rings. The van der Waals surface area contributed by atoms with Crippen molar-refractivity contribution in [3.63, 3.8) is 0 Å². The third-order valence-electron chi connectivity index (χ3n) is 4.92. The zero-order valence-corrected chi connectivity index (χ0v) is 17.2. The van der Waals surface area contributed by atoms with Gasteiger partial charge in [0.1, 0.15) is 11.8 Å². The van der Waals surface area contributed by atoms with Gasteiger partial charge in [0, 0.05) is 12.8 Å². The molecule has 0 aliphatic carbocycles. The number of halogens is 3. The number of nitrogens with one attached hydrogen (secondary N) is 1. The van der Waals surface area contributed by atoms with Crippen LogP contribution in [0, 0.1) is 12.8 Å². The van der Waals surface area contributed by atoms with Crippen molar-refractivity contribution >= 4 is 12.1 Å². The first kappa shape index (κ1) is 21.9. The largest absolute Gasteiger partial charge is 0.481 e. The summed E-state index contributed by atoms with van der Waals surface area (Å²) in [6.45, 7) is 6.14. The lowest BCUT2D eigenvalue weighted by molar-refractivity contribution is -0.138. The summed E-state index contributed by atoms with van der Waals surface area (Å²) in [5.41, 5.74) is 1.33. The molecular weight excluding hydrogens is 393 g/mol. The monoisotopic (exact) mass is 418 g/mol. The molecule has 1 N–H and O–H groups in total. The number of aryl methyl sites for hydroxylation is 1. The highest BCUT2D eigenvalue weighted by Crippen LogP contribution is 2.40. The van der Waals surface area contributed by atoms with Crippen LogP contribution in [0.3, 0.4) is 0 Å². The number of aliphatic imine (C=N–C) groups is 1. The second kappa shape index (κ2) is 8.90. The van der Waals surface area contributed by atoms with E-state index in [-0.39, 0.29) is 23.1 Å². The molecule has 0 saturated carbocycles. The fourth-order valence-corrected chi connectivity index (χ4v) is 3.22. The van der Waals surface area contributed by atoms with Gasteiger partial charge < -0.3 is 10.1 Å². The molecule has 0 saturated heterocycles. The molecular formula is C23H25F3N2O2. The van der Waals surface area contributed by atoms with Crippen LogP contribution in [0.15, 0.2) is 47.5 Å². The Kier molecular flexibility index (Phi) is 6.48. The van der Waals surface area contributed by atoms with E-state index < -0.39 is 23.9 Å². The van der Waals surface area contributed by atoms with E-state index in [0.717, 1.165) is 17.2 Å². The zero-order valence-electron chi connectivity index (χ0n) is 17.2. The minimum absolute atomic E-state index is 0.0171. The standard InChI is InChI=1S/C23H25F3N2O2/c1-14(2)10-21(22(29)28-12-16-7-5-4-6-15(16)3)30-17-8-9-18(20-13-27-20)19(11-17)23(24,25)26/h4-9,11,13-14,20-21H,10,12H2,1-3H3,(H,28,29). The number of nitrogens with zero attached hydrogens (tertiary/aromatic N) is 1. The zero-order chi connectivity index (χ0) is 21.9. The van der Waals surface area contributed by atoms with Gasteiger partial charge in [-0.05, 0) is 48.1 Å². The number of ether oxygens (including phenoxy) is 1. The Hall–Kier alpha value is -2.83. The molecule has 1 amide bonds. The van der Waals surface area contributed by atoms with Crippen LogP contribution in [0.1, 0.15) is 48.6 Å².